The first kappa shape index (κ1) is 15.2. The lowest BCUT2D eigenvalue weighted by Gasteiger charge is -2.51. The van der Waals surface area contributed by atoms with Crippen molar-refractivity contribution in [2.24, 2.45) is 29.1 Å². The van der Waals surface area contributed by atoms with Gasteiger partial charge in [-0.3, -0.25) is 9.59 Å². The molecule has 6 atom stereocenters. The monoisotopic (exact) mass is 314 g/mol. The number of rotatable bonds is 1. The van der Waals surface area contributed by atoms with Gasteiger partial charge in [-0.15, -0.1) is 0 Å². The van der Waals surface area contributed by atoms with Crippen LogP contribution in [0.2, 0.25) is 0 Å². The maximum atomic E-state index is 11.7. The molecule has 0 heterocycles. The molecule has 0 aliphatic heterocycles. The molecule has 3 heteroatoms. The van der Waals surface area contributed by atoms with Crippen molar-refractivity contribution < 1.29 is 14.3 Å². The number of hydrogen-bond donors (Lipinski definition) is 0. The fourth-order valence-corrected chi connectivity index (χ4v) is 6.00. The number of carbonyl (C=O) groups is 2. The number of carbonyl (C=O) groups excluding carboxylic acids is 2. The molecule has 0 spiro atoms. The van der Waals surface area contributed by atoms with Gasteiger partial charge >= 0.3 is 5.97 Å². The van der Waals surface area contributed by atoms with E-state index in [0.717, 1.165) is 25.7 Å². The average Bonchev–Trinajstić information content (AvgIpc) is 2.83. The van der Waals surface area contributed by atoms with Gasteiger partial charge in [-0.1, -0.05) is 19.1 Å². The van der Waals surface area contributed by atoms with Crippen LogP contribution >= 0.6 is 0 Å². The fraction of sp³-hybridized carbons (Fsp3) is 0.700. The highest BCUT2D eigenvalue weighted by Gasteiger charge is 2.56. The number of fused-ring (bicyclic) bond motifs is 5. The fourth-order valence-electron chi connectivity index (χ4n) is 6.00. The van der Waals surface area contributed by atoms with Gasteiger partial charge in [0.2, 0.25) is 0 Å². The van der Waals surface area contributed by atoms with Crippen LogP contribution in [-0.4, -0.2) is 17.9 Å². The number of esters is 1. The summed E-state index contributed by atoms with van der Waals surface area (Å²) in [6.45, 7) is 3.86. The van der Waals surface area contributed by atoms with E-state index < -0.39 is 0 Å². The first-order chi connectivity index (χ1) is 11.0. The summed E-state index contributed by atoms with van der Waals surface area (Å²) >= 11 is 0. The smallest absolute Gasteiger partial charge is 0.302 e. The van der Waals surface area contributed by atoms with Crippen LogP contribution in [0.3, 0.4) is 0 Å². The van der Waals surface area contributed by atoms with Crippen LogP contribution < -0.4 is 0 Å². The largest absolute Gasteiger partial charge is 0.462 e. The molecule has 0 radical (unpaired) electrons. The van der Waals surface area contributed by atoms with E-state index in [2.05, 4.69) is 19.1 Å². The quantitative estimate of drug-likeness (QED) is 0.691. The highest BCUT2D eigenvalue weighted by molar-refractivity contribution is 5.91. The Labute approximate surface area is 138 Å². The molecule has 0 amide bonds. The van der Waals surface area contributed by atoms with Gasteiger partial charge in [-0.25, -0.2) is 0 Å². The predicted octanol–water partition coefficient (Wildman–Crippen LogP) is 3.84. The van der Waals surface area contributed by atoms with Gasteiger partial charge in [0, 0.05) is 18.8 Å². The molecule has 0 aromatic rings. The van der Waals surface area contributed by atoms with Crippen LogP contribution in [0.4, 0.5) is 0 Å². The highest BCUT2D eigenvalue weighted by atomic mass is 16.5. The molecule has 0 aromatic heterocycles. The summed E-state index contributed by atoms with van der Waals surface area (Å²) in [4.78, 5) is 23.1. The summed E-state index contributed by atoms with van der Waals surface area (Å²) in [5.74, 6) is 2.59. The van der Waals surface area contributed by atoms with Crippen molar-refractivity contribution in [3.8, 4) is 0 Å². The first-order valence-corrected chi connectivity index (χ1v) is 9.09. The topological polar surface area (TPSA) is 43.4 Å². The lowest BCUT2D eigenvalue weighted by atomic mass is 9.54. The molecule has 0 saturated heterocycles. The predicted molar refractivity (Wildman–Crippen MR) is 87.6 cm³/mol. The summed E-state index contributed by atoms with van der Waals surface area (Å²) in [5, 5.41) is 0. The van der Waals surface area contributed by atoms with Crippen molar-refractivity contribution in [3.63, 3.8) is 0 Å². The molecule has 124 valence electrons. The van der Waals surface area contributed by atoms with E-state index >= 15 is 0 Å². The SMILES string of the molecule is CC(=O)O[C@@H]1CC[C@@H]2[C@H]3C=CC4=CC(=O)CC[C@H]4[C@@H]3CC[C@]21C. The summed E-state index contributed by atoms with van der Waals surface area (Å²) in [6.07, 6.45) is 12.8. The lowest BCUT2D eigenvalue weighted by Crippen LogP contribution is -2.47. The zero-order valence-corrected chi connectivity index (χ0v) is 14.1. The van der Waals surface area contributed by atoms with Gasteiger partial charge in [0.05, 0.1) is 0 Å². The molecule has 4 rings (SSSR count). The Morgan fingerprint density at radius 3 is 2.87 bits per heavy atom. The maximum absolute atomic E-state index is 11.7. The normalized spacial score (nSPS) is 44.9. The minimum atomic E-state index is -0.144. The molecule has 4 aliphatic rings. The lowest BCUT2D eigenvalue weighted by molar-refractivity contribution is -0.155. The van der Waals surface area contributed by atoms with Crippen LogP contribution in [0.15, 0.2) is 23.8 Å². The molecule has 0 bridgehead atoms. The molecular formula is C20H26O3. The Morgan fingerprint density at radius 1 is 1.26 bits per heavy atom. The van der Waals surface area contributed by atoms with E-state index in [-0.39, 0.29) is 23.3 Å². The minimum Gasteiger partial charge on any atom is -0.462 e. The second-order valence-corrected chi connectivity index (χ2v) is 8.18. The number of ketones is 1. The van der Waals surface area contributed by atoms with Gasteiger partial charge in [-0.2, -0.15) is 0 Å². The molecule has 0 N–H and O–H groups in total. The Kier molecular flexibility index (Phi) is 3.51. The molecular weight excluding hydrogens is 288 g/mol. The Balaban J connectivity index is 1.62. The zero-order chi connectivity index (χ0) is 16.2. The van der Waals surface area contributed by atoms with Gasteiger partial charge in [0.25, 0.3) is 0 Å². The number of allylic oxidation sites excluding steroid dienone is 4. The van der Waals surface area contributed by atoms with Crippen molar-refractivity contribution >= 4 is 11.8 Å². The van der Waals surface area contributed by atoms with Crippen LogP contribution in [0.1, 0.15) is 52.4 Å². The molecule has 3 nitrogen and oxygen atoms in total. The molecule has 2 saturated carbocycles. The third-order valence-corrected chi connectivity index (χ3v) is 7.09. The summed E-state index contributed by atoms with van der Waals surface area (Å²) in [6, 6.07) is 0. The third-order valence-electron chi connectivity index (χ3n) is 7.09. The van der Waals surface area contributed by atoms with Crippen molar-refractivity contribution in [2.75, 3.05) is 0 Å². The summed E-state index contributed by atoms with van der Waals surface area (Å²) in [7, 11) is 0. The van der Waals surface area contributed by atoms with Crippen molar-refractivity contribution in [2.45, 2.75) is 58.5 Å². The van der Waals surface area contributed by atoms with Crippen LogP contribution in [0.25, 0.3) is 0 Å². The van der Waals surface area contributed by atoms with Gasteiger partial charge < -0.3 is 4.74 Å². The second kappa shape index (κ2) is 5.32. The average molecular weight is 314 g/mol. The van der Waals surface area contributed by atoms with E-state index in [4.69, 9.17) is 4.74 Å². The van der Waals surface area contributed by atoms with Crippen molar-refractivity contribution in [3.05, 3.63) is 23.8 Å². The van der Waals surface area contributed by atoms with E-state index in [1.165, 1.54) is 18.9 Å². The van der Waals surface area contributed by atoms with Crippen molar-refractivity contribution in [1.82, 2.24) is 0 Å². The highest BCUT2D eigenvalue weighted by Crippen LogP contribution is 2.60. The van der Waals surface area contributed by atoms with E-state index in [1.807, 2.05) is 6.08 Å². The molecule has 0 aromatic carbocycles. The summed E-state index contributed by atoms with van der Waals surface area (Å²) in [5.41, 5.74) is 1.39. The van der Waals surface area contributed by atoms with E-state index in [9.17, 15) is 9.59 Å². The second-order valence-electron chi connectivity index (χ2n) is 8.18. The molecule has 4 aliphatic carbocycles. The van der Waals surface area contributed by atoms with Gasteiger partial charge in [0.15, 0.2) is 5.78 Å². The summed E-state index contributed by atoms with van der Waals surface area (Å²) < 4.78 is 5.67. The Hall–Kier alpha value is -1.38. The number of ether oxygens (including phenoxy) is 1. The third kappa shape index (κ3) is 2.31. The van der Waals surface area contributed by atoms with E-state index in [1.54, 1.807) is 0 Å². The van der Waals surface area contributed by atoms with Crippen LogP contribution in [0.5, 0.6) is 0 Å². The van der Waals surface area contributed by atoms with Gasteiger partial charge in [-0.05, 0) is 67.4 Å². The Bertz CT molecular complexity index is 602. The molecule has 23 heavy (non-hydrogen) atoms. The standard InChI is InChI=1S/C20H26O3/c1-12(21)23-19-8-7-18-17-5-3-13-11-14(22)4-6-15(13)16(17)9-10-20(18,19)2/h3,5,11,15-19H,4,6-10H2,1-2H3/t15-,16+,17+,18-,19-,20-/m1/s1. The van der Waals surface area contributed by atoms with E-state index in [0.29, 0.717) is 30.1 Å². The van der Waals surface area contributed by atoms with Gasteiger partial charge in [0.1, 0.15) is 6.10 Å². The van der Waals surface area contributed by atoms with Crippen LogP contribution in [0, 0.1) is 29.1 Å². The minimum absolute atomic E-state index is 0.0872. The Morgan fingerprint density at radius 2 is 2.09 bits per heavy atom. The van der Waals surface area contributed by atoms with Crippen molar-refractivity contribution in [1.29, 1.82) is 0 Å². The zero-order valence-electron chi connectivity index (χ0n) is 14.1. The molecule has 0 unspecified atom stereocenters. The van der Waals surface area contributed by atoms with Crippen LogP contribution in [-0.2, 0) is 14.3 Å². The molecule has 2 fully saturated rings. The number of hydrogen-bond acceptors (Lipinski definition) is 3. The first-order valence-electron chi connectivity index (χ1n) is 9.09. The maximum Gasteiger partial charge on any atom is 0.302 e.